The fourth-order valence-corrected chi connectivity index (χ4v) is 2.38. The molecular formula is C21H26N2O3. The fourth-order valence-electron chi connectivity index (χ4n) is 2.38. The van der Waals surface area contributed by atoms with Crippen LogP contribution in [0.4, 0.5) is 11.4 Å². The standard InChI is InChI=1S/C21H26N2O3/c1-16(2)15-21(25)23-18-12-10-17(11-13-18)22-20(24)9-6-14-26-19-7-4-3-5-8-19/h3-5,7-8,10-13,16H,6,9,14-15H2,1-2H3,(H,22,24)(H,23,25). The number of para-hydroxylation sites is 1. The Kier molecular flexibility index (Phi) is 7.68. The summed E-state index contributed by atoms with van der Waals surface area (Å²) in [5, 5.41) is 5.69. The number of nitrogens with one attached hydrogen (secondary N) is 2. The molecule has 0 saturated carbocycles. The molecule has 26 heavy (non-hydrogen) atoms. The van der Waals surface area contributed by atoms with Crippen LogP contribution in [0.2, 0.25) is 0 Å². The van der Waals surface area contributed by atoms with Gasteiger partial charge in [0.25, 0.3) is 0 Å². The Hall–Kier alpha value is -2.82. The van der Waals surface area contributed by atoms with Crippen molar-refractivity contribution < 1.29 is 14.3 Å². The molecule has 2 rings (SSSR count). The van der Waals surface area contributed by atoms with Crippen LogP contribution in [-0.4, -0.2) is 18.4 Å². The lowest BCUT2D eigenvalue weighted by atomic mass is 10.1. The minimum atomic E-state index is -0.0572. The third kappa shape index (κ3) is 7.38. The summed E-state index contributed by atoms with van der Waals surface area (Å²) in [6.07, 6.45) is 1.52. The maximum atomic E-state index is 12.0. The van der Waals surface area contributed by atoms with Gasteiger partial charge in [0.05, 0.1) is 6.61 Å². The van der Waals surface area contributed by atoms with E-state index in [-0.39, 0.29) is 11.8 Å². The van der Waals surface area contributed by atoms with E-state index < -0.39 is 0 Å². The van der Waals surface area contributed by atoms with Crippen molar-refractivity contribution in [3.05, 3.63) is 54.6 Å². The van der Waals surface area contributed by atoms with Crippen LogP contribution < -0.4 is 15.4 Å². The van der Waals surface area contributed by atoms with E-state index in [1.807, 2.05) is 44.2 Å². The molecule has 0 atom stereocenters. The topological polar surface area (TPSA) is 67.4 Å². The monoisotopic (exact) mass is 354 g/mol. The lowest BCUT2D eigenvalue weighted by Gasteiger charge is -2.09. The van der Waals surface area contributed by atoms with Crippen molar-refractivity contribution in [1.82, 2.24) is 0 Å². The zero-order valence-corrected chi connectivity index (χ0v) is 15.3. The summed E-state index contributed by atoms with van der Waals surface area (Å²) in [6, 6.07) is 16.7. The first-order valence-corrected chi connectivity index (χ1v) is 8.90. The van der Waals surface area contributed by atoms with Crippen LogP contribution in [0.3, 0.4) is 0 Å². The molecular weight excluding hydrogens is 328 g/mol. The SMILES string of the molecule is CC(C)CC(=O)Nc1ccc(NC(=O)CCCOc2ccccc2)cc1. The maximum Gasteiger partial charge on any atom is 0.224 e. The largest absolute Gasteiger partial charge is 0.494 e. The van der Waals surface area contributed by atoms with Gasteiger partial charge in [-0.3, -0.25) is 9.59 Å². The molecule has 5 heteroatoms. The van der Waals surface area contributed by atoms with Crippen molar-refractivity contribution in [3.63, 3.8) is 0 Å². The number of carbonyl (C=O) groups is 2. The average molecular weight is 354 g/mol. The number of amides is 2. The van der Waals surface area contributed by atoms with Gasteiger partial charge in [0.2, 0.25) is 11.8 Å². The van der Waals surface area contributed by atoms with Gasteiger partial charge < -0.3 is 15.4 Å². The van der Waals surface area contributed by atoms with Gasteiger partial charge >= 0.3 is 0 Å². The summed E-state index contributed by atoms with van der Waals surface area (Å²) in [6.45, 7) is 4.50. The van der Waals surface area contributed by atoms with Crippen molar-refractivity contribution in [2.45, 2.75) is 33.1 Å². The maximum absolute atomic E-state index is 12.0. The van der Waals surface area contributed by atoms with Crippen molar-refractivity contribution in [3.8, 4) is 5.75 Å². The molecule has 0 aliphatic heterocycles. The van der Waals surface area contributed by atoms with E-state index in [4.69, 9.17) is 4.74 Å². The second kappa shape index (κ2) is 10.2. The minimum Gasteiger partial charge on any atom is -0.494 e. The Balaban J connectivity index is 1.69. The van der Waals surface area contributed by atoms with E-state index in [0.717, 1.165) is 11.4 Å². The first-order valence-electron chi connectivity index (χ1n) is 8.90. The van der Waals surface area contributed by atoms with Crippen molar-refractivity contribution >= 4 is 23.2 Å². The number of hydrogen-bond acceptors (Lipinski definition) is 3. The van der Waals surface area contributed by atoms with Crippen LogP contribution in [0.15, 0.2) is 54.6 Å². The lowest BCUT2D eigenvalue weighted by molar-refractivity contribution is -0.117. The molecule has 2 aromatic rings. The summed E-state index contributed by atoms with van der Waals surface area (Å²) in [5.41, 5.74) is 1.44. The summed E-state index contributed by atoms with van der Waals surface area (Å²) >= 11 is 0. The number of rotatable bonds is 9. The molecule has 0 saturated heterocycles. The third-order valence-electron chi connectivity index (χ3n) is 3.61. The summed E-state index contributed by atoms with van der Waals surface area (Å²) in [5.74, 6) is 1.07. The Morgan fingerprint density at radius 2 is 1.46 bits per heavy atom. The Morgan fingerprint density at radius 3 is 2.04 bits per heavy atom. The van der Waals surface area contributed by atoms with E-state index in [1.54, 1.807) is 24.3 Å². The molecule has 0 bridgehead atoms. The summed E-state index contributed by atoms with van der Waals surface area (Å²) in [7, 11) is 0. The molecule has 0 radical (unpaired) electrons. The Morgan fingerprint density at radius 1 is 0.885 bits per heavy atom. The average Bonchev–Trinajstić information content (AvgIpc) is 2.61. The second-order valence-corrected chi connectivity index (χ2v) is 6.54. The highest BCUT2D eigenvalue weighted by Crippen LogP contribution is 2.15. The molecule has 138 valence electrons. The van der Waals surface area contributed by atoms with Gasteiger partial charge in [-0.2, -0.15) is 0 Å². The number of benzene rings is 2. The molecule has 0 unspecified atom stereocenters. The number of hydrogen-bond donors (Lipinski definition) is 2. The molecule has 0 heterocycles. The van der Waals surface area contributed by atoms with Crippen LogP contribution in [0, 0.1) is 5.92 Å². The highest BCUT2D eigenvalue weighted by Gasteiger charge is 2.06. The predicted molar refractivity (Wildman–Crippen MR) is 104 cm³/mol. The van der Waals surface area contributed by atoms with Gasteiger partial charge in [-0.15, -0.1) is 0 Å². The van der Waals surface area contributed by atoms with Gasteiger partial charge in [-0.25, -0.2) is 0 Å². The highest BCUT2D eigenvalue weighted by atomic mass is 16.5. The van der Waals surface area contributed by atoms with E-state index >= 15 is 0 Å². The van der Waals surface area contributed by atoms with E-state index in [9.17, 15) is 9.59 Å². The van der Waals surface area contributed by atoms with Crippen LogP contribution >= 0.6 is 0 Å². The van der Waals surface area contributed by atoms with E-state index in [1.165, 1.54) is 0 Å². The van der Waals surface area contributed by atoms with Gasteiger partial charge in [-0.05, 0) is 48.7 Å². The van der Waals surface area contributed by atoms with Crippen LogP contribution in [0.5, 0.6) is 5.75 Å². The van der Waals surface area contributed by atoms with Gasteiger partial charge in [0, 0.05) is 24.2 Å². The molecule has 2 aromatic carbocycles. The molecule has 0 aliphatic carbocycles. The van der Waals surface area contributed by atoms with E-state index in [2.05, 4.69) is 10.6 Å². The van der Waals surface area contributed by atoms with E-state index in [0.29, 0.717) is 37.5 Å². The first-order chi connectivity index (χ1) is 12.5. The Labute approximate surface area is 154 Å². The molecule has 0 aromatic heterocycles. The molecule has 0 fully saturated rings. The van der Waals surface area contributed by atoms with Crippen LogP contribution in [0.25, 0.3) is 0 Å². The summed E-state index contributed by atoms with van der Waals surface area (Å²) < 4.78 is 5.57. The highest BCUT2D eigenvalue weighted by molar-refractivity contribution is 5.92. The minimum absolute atomic E-state index is 0.00444. The van der Waals surface area contributed by atoms with Crippen molar-refractivity contribution in [1.29, 1.82) is 0 Å². The first kappa shape index (κ1) is 19.5. The number of carbonyl (C=O) groups excluding carboxylic acids is 2. The fraction of sp³-hybridized carbons (Fsp3) is 0.333. The smallest absolute Gasteiger partial charge is 0.224 e. The quantitative estimate of drug-likeness (QED) is 0.653. The lowest BCUT2D eigenvalue weighted by Crippen LogP contribution is -2.14. The normalized spacial score (nSPS) is 10.4. The third-order valence-corrected chi connectivity index (χ3v) is 3.61. The molecule has 0 aliphatic rings. The zero-order chi connectivity index (χ0) is 18.8. The summed E-state index contributed by atoms with van der Waals surface area (Å²) in [4.78, 5) is 23.7. The van der Waals surface area contributed by atoms with Crippen molar-refractivity contribution in [2.75, 3.05) is 17.2 Å². The number of ether oxygens (including phenoxy) is 1. The zero-order valence-electron chi connectivity index (χ0n) is 15.3. The predicted octanol–water partition coefficient (Wildman–Crippen LogP) is 4.47. The molecule has 2 amide bonds. The van der Waals surface area contributed by atoms with Gasteiger partial charge in [-0.1, -0.05) is 32.0 Å². The molecule has 2 N–H and O–H groups in total. The Bertz CT molecular complexity index is 697. The van der Waals surface area contributed by atoms with Crippen LogP contribution in [-0.2, 0) is 9.59 Å². The van der Waals surface area contributed by atoms with Gasteiger partial charge in [0.1, 0.15) is 5.75 Å². The molecule has 5 nitrogen and oxygen atoms in total. The van der Waals surface area contributed by atoms with Gasteiger partial charge in [0.15, 0.2) is 0 Å². The second-order valence-electron chi connectivity index (χ2n) is 6.54. The molecule has 0 spiro atoms. The van der Waals surface area contributed by atoms with Crippen LogP contribution in [0.1, 0.15) is 33.1 Å². The number of anilines is 2. The van der Waals surface area contributed by atoms with Crippen molar-refractivity contribution in [2.24, 2.45) is 5.92 Å².